The van der Waals surface area contributed by atoms with E-state index in [1.165, 1.54) is 37.7 Å². The van der Waals surface area contributed by atoms with Gasteiger partial charge < -0.3 is 14.2 Å². The van der Waals surface area contributed by atoms with Gasteiger partial charge in [-0.15, -0.1) is 0 Å². The van der Waals surface area contributed by atoms with Crippen molar-refractivity contribution in [3.05, 3.63) is 29.3 Å². The fourth-order valence-electron chi connectivity index (χ4n) is 5.41. The van der Waals surface area contributed by atoms with Gasteiger partial charge in [0.1, 0.15) is 17.3 Å². The molecule has 128 valence electrons. The normalized spacial score (nSPS) is 30.2. The monoisotopic (exact) mass is 328 g/mol. The molecule has 1 aromatic carbocycles. The Bertz CT molecular complexity index is 646. The quantitative estimate of drug-likeness (QED) is 0.604. The summed E-state index contributed by atoms with van der Waals surface area (Å²) in [5.74, 6) is 5.23. The summed E-state index contributed by atoms with van der Waals surface area (Å²) >= 11 is 0. The van der Waals surface area contributed by atoms with E-state index in [9.17, 15) is 4.79 Å². The van der Waals surface area contributed by atoms with Gasteiger partial charge in [0.05, 0.1) is 14.2 Å². The van der Waals surface area contributed by atoms with Crippen molar-refractivity contribution in [1.82, 2.24) is 0 Å². The number of allylic oxidation sites excluding steroid dienone is 1. The van der Waals surface area contributed by atoms with Crippen molar-refractivity contribution >= 4 is 12.2 Å². The van der Waals surface area contributed by atoms with Gasteiger partial charge >= 0.3 is 0 Å². The molecule has 4 aliphatic rings. The summed E-state index contributed by atoms with van der Waals surface area (Å²) in [5, 5.41) is 0. The molecule has 1 aromatic rings. The summed E-state index contributed by atoms with van der Waals surface area (Å²) < 4.78 is 16.3. The fourth-order valence-corrected chi connectivity index (χ4v) is 5.41. The molecule has 4 saturated carbocycles. The van der Waals surface area contributed by atoms with Crippen molar-refractivity contribution in [2.24, 2.45) is 23.7 Å². The molecule has 0 unspecified atom stereocenters. The third kappa shape index (κ3) is 2.58. The Balaban J connectivity index is 1.78. The number of carbonyl (C=O) groups excluding carboxylic acids is 1. The third-order valence-electron chi connectivity index (χ3n) is 6.05. The molecule has 0 spiro atoms. The highest BCUT2D eigenvalue weighted by molar-refractivity contribution is 5.68. The molecular weight excluding hydrogens is 304 g/mol. The molecule has 0 saturated heterocycles. The van der Waals surface area contributed by atoms with Crippen LogP contribution in [0.4, 0.5) is 0 Å². The van der Waals surface area contributed by atoms with E-state index in [0.717, 1.165) is 23.2 Å². The van der Waals surface area contributed by atoms with Gasteiger partial charge in [0.25, 0.3) is 6.47 Å². The molecule has 24 heavy (non-hydrogen) atoms. The molecule has 0 aromatic heterocycles. The molecule has 4 bridgehead atoms. The highest BCUT2D eigenvalue weighted by atomic mass is 16.5. The van der Waals surface area contributed by atoms with Crippen LogP contribution < -0.4 is 9.47 Å². The van der Waals surface area contributed by atoms with Crippen LogP contribution in [0.1, 0.15) is 37.7 Å². The first-order valence-corrected chi connectivity index (χ1v) is 8.79. The first-order valence-electron chi connectivity index (χ1n) is 8.79. The molecule has 0 radical (unpaired) electrons. The second-order valence-electron chi connectivity index (χ2n) is 7.40. The molecule has 0 amide bonds. The second-order valence-corrected chi connectivity index (χ2v) is 7.40. The Morgan fingerprint density at radius 2 is 1.58 bits per heavy atom. The van der Waals surface area contributed by atoms with Gasteiger partial charge in [0.15, 0.2) is 0 Å². The van der Waals surface area contributed by atoms with Gasteiger partial charge in [0.2, 0.25) is 0 Å². The van der Waals surface area contributed by atoms with Crippen molar-refractivity contribution < 1.29 is 19.0 Å². The Hall–Kier alpha value is -1.97. The predicted molar refractivity (Wildman–Crippen MR) is 90.7 cm³/mol. The minimum Gasteiger partial charge on any atom is -0.497 e. The summed E-state index contributed by atoms with van der Waals surface area (Å²) in [6, 6.07) is 5.55. The topological polar surface area (TPSA) is 44.8 Å². The fraction of sp³-hybridized carbons (Fsp3) is 0.550. The van der Waals surface area contributed by atoms with E-state index in [0.29, 0.717) is 29.8 Å². The van der Waals surface area contributed by atoms with E-state index >= 15 is 0 Å². The van der Waals surface area contributed by atoms with Crippen LogP contribution >= 0.6 is 0 Å². The number of methoxy groups -OCH3 is 2. The molecule has 4 heteroatoms. The molecule has 0 atom stereocenters. The zero-order valence-electron chi connectivity index (χ0n) is 14.3. The molecule has 5 rings (SSSR count). The molecule has 0 N–H and O–H groups in total. The maximum Gasteiger partial charge on any atom is 0.298 e. The number of ether oxygens (including phenoxy) is 3. The van der Waals surface area contributed by atoms with Crippen molar-refractivity contribution in [3.8, 4) is 11.5 Å². The van der Waals surface area contributed by atoms with E-state index in [1.807, 2.05) is 12.1 Å². The Morgan fingerprint density at radius 1 is 0.958 bits per heavy atom. The molecule has 4 nitrogen and oxygen atoms in total. The van der Waals surface area contributed by atoms with Gasteiger partial charge in [-0.05, 0) is 73.5 Å². The summed E-state index contributed by atoms with van der Waals surface area (Å²) in [5.41, 5.74) is 2.42. The van der Waals surface area contributed by atoms with Crippen molar-refractivity contribution in [1.29, 1.82) is 0 Å². The van der Waals surface area contributed by atoms with Gasteiger partial charge in [-0.3, -0.25) is 4.79 Å². The Labute approximate surface area is 142 Å². The second kappa shape index (κ2) is 6.15. The maximum absolute atomic E-state index is 10.7. The molecule has 4 aliphatic carbocycles. The van der Waals surface area contributed by atoms with Crippen LogP contribution in [-0.4, -0.2) is 20.7 Å². The number of hydrogen-bond donors (Lipinski definition) is 0. The van der Waals surface area contributed by atoms with Gasteiger partial charge in [-0.1, -0.05) is 0 Å². The lowest BCUT2D eigenvalue weighted by Gasteiger charge is -2.51. The van der Waals surface area contributed by atoms with Gasteiger partial charge in [-0.2, -0.15) is 0 Å². The smallest absolute Gasteiger partial charge is 0.298 e. The van der Waals surface area contributed by atoms with Crippen LogP contribution in [0.3, 0.4) is 0 Å². The first kappa shape index (κ1) is 15.6. The zero-order chi connectivity index (χ0) is 16.7. The Morgan fingerprint density at radius 3 is 2.12 bits per heavy atom. The van der Waals surface area contributed by atoms with Crippen LogP contribution in [0.2, 0.25) is 0 Å². The van der Waals surface area contributed by atoms with E-state index in [4.69, 9.17) is 14.2 Å². The predicted octanol–water partition coefficient (Wildman–Crippen LogP) is 4.04. The van der Waals surface area contributed by atoms with Gasteiger partial charge in [0, 0.05) is 11.6 Å². The zero-order valence-corrected chi connectivity index (χ0v) is 14.3. The summed E-state index contributed by atoms with van der Waals surface area (Å²) in [4.78, 5) is 10.7. The van der Waals surface area contributed by atoms with Crippen LogP contribution in [0, 0.1) is 23.7 Å². The lowest BCUT2D eigenvalue weighted by Crippen LogP contribution is -2.40. The number of rotatable bonds is 5. The number of benzene rings is 1. The van der Waals surface area contributed by atoms with Crippen molar-refractivity contribution in [2.45, 2.75) is 32.1 Å². The third-order valence-corrected chi connectivity index (χ3v) is 6.05. The highest BCUT2D eigenvalue weighted by Gasteiger charge is 2.46. The average Bonchev–Trinajstić information content (AvgIpc) is 2.57. The largest absolute Gasteiger partial charge is 0.497 e. The molecule has 4 fully saturated rings. The standard InChI is InChI=1S/C20H24O4/c1-22-17-8-16(9-18(10-17)24-11-21)20(23-2)19-14-4-12-3-13(6-14)7-15(19)5-12/h8-15H,3-7H2,1-2H3. The van der Waals surface area contributed by atoms with Crippen LogP contribution in [0.15, 0.2) is 23.8 Å². The van der Waals surface area contributed by atoms with Crippen LogP contribution in [0.25, 0.3) is 5.76 Å². The number of carbonyl (C=O) groups is 1. The summed E-state index contributed by atoms with van der Waals surface area (Å²) in [7, 11) is 3.36. The highest BCUT2D eigenvalue weighted by Crippen LogP contribution is 2.58. The lowest BCUT2D eigenvalue weighted by molar-refractivity contribution is -0.120. The summed E-state index contributed by atoms with van der Waals surface area (Å²) in [6.07, 6.45) is 6.64. The lowest BCUT2D eigenvalue weighted by atomic mass is 9.54. The Kier molecular flexibility index (Phi) is 3.99. The molecule has 0 aliphatic heterocycles. The maximum atomic E-state index is 10.7. The van der Waals surface area contributed by atoms with Crippen molar-refractivity contribution in [3.63, 3.8) is 0 Å². The van der Waals surface area contributed by atoms with Crippen LogP contribution in [-0.2, 0) is 9.53 Å². The van der Waals surface area contributed by atoms with E-state index < -0.39 is 0 Å². The van der Waals surface area contributed by atoms with Gasteiger partial charge in [-0.25, -0.2) is 0 Å². The summed E-state index contributed by atoms with van der Waals surface area (Å²) in [6.45, 7) is 0.445. The van der Waals surface area contributed by atoms with E-state index in [-0.39, 0.29) is 0 Å². The SMILES string of the molecule is COC(=C1C2CC3CC(C2)CC1C3)c1cc(OC)cc(OC=O)c1. The van der Waals surface area contributed by atoms with Crippen molar-refractivity contribution in [2.75, 3.05) is 14.2 Å². The van der Waals surface area contributed by atoms with Crippen LogP contribution in [0.5, 0.6) is 11.5 Å². The van der Waals surface area contributed by atoms with E-state index in [1.54, 1.807) is 20.3 Å². The van der Waals surface area contributed by atoms with E-state index in [2.05, 4.69) is 0 Å². The minimum atomic E-state index is 0.445. The minimum absolute atomic E-state index is 0.445. The molecular formula is C20H24O4. The molecule has 0 heterocycles. The number of hydrogen-bond acceptors (Lipinski definition) is 4. The first-order chi connectivity index (χ1) is 11.7. The average molecular weight is 328 g/mol.